The molecule has 1 aliphatic rings. The fourth-order valence-corrected chi connectivity index (χ4v) is 2.62. The number of nitrogens with one attached hydrogen (secondary N) is 2. The molecule has 18 heavy (non-hydrogen) atoms. The van der Waals surface area contributed by atoms with E-state index in [1.807, 2.05) is 0 Å². The van der Waals surface area contributed by atoms with E-state index in [0.29, 0.717) is 0 Å². The molecule has 1 heterocycles. The van der Waals surface area contributed by atoms with E-state index >= 15 is 0 Å². The van der Waals surface area contributed by atoms with E-state index in [-0.39, 0.29) is 0 Å². The van der Waals surface area contributed by atoms with Crippen molar-refractivity contribution in [1.29, 1.82) is 0 Å². The molecule has 0 unspecified atom stereocenters. The molecule has 4 nitrogen and oxygen atoms in total. The fourth-order valence-electron chi connectivity index (χ4n) is 2.62. The zero-order valence-corrected chi connectivity index (χ0v) is 11.3. The summed E-state index contributed by atoms with van der Waals surface area (Å²) in [6.45, 7) is 3.93. The maximum atomic E-state index is 4.45. The summed E-state index contributed by atoms with van der Waals surface area (Å²) < 4.78 is 0. The molecule has 2 rings (SSSR count). The van der Waals surface area contributed by atoms with E-state index in [1.165, 1.54) is 38.5 Å². The van der Waals surface area contributed by atoms with Gasteiger partial charge in [-0.25, -0.2) is 4.98 Å². The number of nitrogens with zero attached hydrogens (tertiary/aromatic N) is 2. The molecule has 0 aromatic carbocycles. The second-order valence-corrected chi connectivity index (χ2v) is 5.04. The lowest BCUT2D eigenvalue weighted by Gasteiger charge is -2.10. The summed E-state index contributed by atoms with van der Waals surface area (Å²) in [5, 5.41) is 6.52. The summed E-state index contributed by atoms with van der Waals surface area (Å²) in [5.41, 5.74) is 0. The maximum Gasteiger partial charge on any atom is 0.146 e. The average Bonchev–Trinajstić information content (AvgIpc) is 2.89. The molecule has 1 saturated carbocycles. The SMILES string of the molecule is CCNc1cncc(NCCCC2CCCC2)n1. The average molecular weight is 248 g/mol. The van der Waals surface area contributed by atoms with Gasteiger partial charge in [-0.3, -0.25) is 4.98 Å². The van der Waals surface area contributed by atoms with Gasteiger partial charge in [-0.1, -0.05) is 25.7 Å². The highest BCUT2D eigenvalue weighted by molar-refractivity contribution is 5.41. The summed E-state index contributed by atoms with van der Waals surface area (Å²) in [7, 11) is 0. The van der Waals surface area contributed by atoms with Crippen molar-refractivity contribution in [3.05, 3.63) is 12.4 Å². The Hall–Kier alpha value is -1.32. The first-order valence-electron chi connectivity index (χ1n) is 7.18. The molecule has 0 amide bonds. The van der Waals surface area contributed by atoms with Gasteiger partial charge in [0.15, 0.2) is 0 Å². The second-order valence-electron chi connectivity index (χ2n) is 5.04. The summed E-state index contributed by atoms with van der Waals surface area (Å²) >= 11 is 0. The lowest BCUT2D eigenvalue weighted by Crippen LogP contribution is -2.07. The smallest absolute Gasteiger partial charge is 0.146 e. The molecule has 0 atom stereocenters. The van der Waals surface area contributed by atoms with Gasteiger partial charge in [0.2, 0.25) is 0 Å². The molecule has 1 aromatic rings. The molecular weight excluding hydrogens is 224 g/mol. The number of anilines is 2. The van der Waals surface area contributed by atoms with Crippen LogP contribution in [0.4, 0.5) is 11.6 Å². The van der Waals surface area contributed by atoms with Crippen molar-refractivity contribution in [1.82, 2.24) is 9.97 Å². The minimum Gasteiger partial charge on any atom is -0.369 e. The van der Waals surface area contributed by atoms with E-state index in [1.54, 1.807) is 12.4 Å². The van der Waals surface area contributed by atoms with Crippen molar-refractivity contribution in [2.75, 3.05) is 23.7 Å². The molecule has 0 bridgehead atoms. The van der Waals surface area contributed by atoms with Gasteiger partial charge in [0, 0.05) is 13.1 Å². The van der Waals surface area contributed by atoms with Crippen LogP contribution >= 0.6 is 0 Å². The zero-order valence-electron chi connectivity index (χ0n) is 11.3. The molecule has 2 N–H and O–H groups in total. The monoisotopic (exact) mass is 248 g/mol. The van der Waals surface area contributed by atoms with Crippen LogP contribution < -0.4 is 10.6 Å². The Balaban J connectivity index is 1.67. The van der Waals surface area contributed by atoms with Crippen LogP contribution in [-0.4, -0.2) is 23.1 Å². The van der Waals surface area contributed by atoms with E-state index < -0.39 is 0 Å². The first kappa shape index (κ1) is 13.1. The number of aromatic nitrogens is 2. The zero-order chi connectivity index (χ0) is 12.6. The predicted octanol–water partition coefficient (Wildman–Crippen LogP) is 3.29. The molecule has 4 heteroatoms. The lowest BCUT2D eigenvalue weighted by molar-refractivity contribution is 0.491. The standard InChI is InChI=1S/C14H24N4/c1-2-16-13-10-15-11-14(18-13)17-9-5-8-12-6-3-4-7-12/h10-12H,2-9H2,1H3,(H2,16,17,18). The summed E-state index contributed by atoms with van der Waals surface area (Å²) in [4.78, 5) is 8.62. The van der Waals surface area contributed by atoms with E-state index in [2.05, 4.69) is 27.5 Å². The van der Waals surface area contributed by atoms with Gasteiger partial charge in [-0.15, -0.1) is 0 Å². The third kappa shape index (κ3) is 4.17. The Kier molecular flexibility index (Phi) is 5.24. The van der Waals surface area contributed by atoms with Crippen LogP contribution in [0.1, 0.15) is 45.4 Å². The van der Waals surface area contributed by atoms with E-state index in [9.17, 15) is 0 Å². The van der Waals surface area contributed by atoms with E-state index in [4.69, 9.17) is 0 Å². The molecule has 0 saturated heterocycles. The van der Waals surface area contributed by atoms with Gasteiger partial charge in [0.1, 0.15) is 11.6 Å². The molecule has 100 valence electrons. The van der Waals surface area contributed by atoms with Crippen LogP contribution in [0, 0.1) is 5.92 Å². The van der Waals surface area contributed by atoms with Crippen molar-refractivity contribution in [2.45, 2.75) is 45.4 Å². The normalized spacial score (nSPS) is 15.8. The molecule has 1 aromatic heterocycles. The summed E-state index contributed by atoms with van der Waals surface area (Å²) in [5.74, 6) is 2.70. The van der Waals surface area contributed by atoms with Crippen molar-refractivity contribution in [3.63, 3.8) is 0 Å². The molecule has 1 aliphatic carbocycles. The minimum atomic E-state index is 0.846. The molecule has 0 radical (unpaired) electrons. The van der Waals surface area contributed by atoms with Crippen LogP contribution in [0.15, 0.2) is 12.4 Å². The van der Waals surface area contributed by atoms with Gasteiger partial charge in [-0.2, -0.15) is 0 Å². The van der Waals surface area contributed by atoms with Gasteiger partial charge < -0.3 is 10.6 Å². The third-order valence-corrected chi connectivity index (χ3v) is 3.56. The molecule has 1 fully saturated rings. The number of hydrogen-bond acceptors (Lipinski definition) is 4. The van der Waals surface area contributed by atoms with Gasteiger partial charge in [0.25, 0.3) is 0 Å². The Labute approximate surface area is 110 Å². The predicted molar refractivity (Wildman–Crippen MR) is 75.9 cm³/mol. The van der Waals surface area contributed by atoms with Crippen molar-refractivity contribution < 1.29 is 0 Å². The summed E-state index contributed by atoms with van der Waals surface area (Å²) in [6, 6.07) is 0. The Morgan fingerprint density at radius 3 is 2.61 bits per heavy atom. The Morgan fingerprint density at radius 2 is 1.89 bits per heavy atom. The largest absolute Gasteiger partial charge is 0.369 e. The Bertz CT molecular complexity index is 347. The molecule has 0 aliphatic heterocycles. The van der Waals surface area contributed by atoms with Crippen molar-refractivity contribution in [2.24, 2.45) is 5.92 Å². The van der Waals surface area contributed by atoms with Crippen LogP contribution in [-0.2, 0) is 0 Å². The fraction of sp³-hybridized carbons (Fsp3) is 0.714. The van der Waals surface area contributed by atoms with Crippen LogP contribution in [0.2, 0.25) is 0 Å². The van der Waals surface area contributed by atoms with Crippen molar-refractivity contribution in [3.8, 4) is 0 Å². The van der Waals surface area contributed by atoms with Crippen LogP contribution in [0.5, 0.6) is 0 Å². The minimum absolute atomic E-state index is 0.846. The van der Waals surface area contributed by atoms with Gasteiger partial charge in [-0.05, 0) is 25.7 Å². The first-order valence-corrected chi connectivity index (χ1v) is 7.18. The number of rotatable bonds is 7. The van der Waals surface area contributed by atoms with E-state index in [0.717, 1.165) is 30.6 Å². The first-order chi connectivity index (χ1) is 8.88. The highest BCUT2D eigenvalue weighted by atomic mass is 15.1. The Morgan fingerprint density at radius 1 is 1.17 bits per heavy atom. The molecule has 0 spiro atoms. The number of hydrogen-bond donors (Lipinski definition) is 2. The topological polar surface area (TPSA) is 49.8 Å². The van der Waals surface area contributed by atoms with Gasteiger partial charge >= 0.3 is 0 Å². The second kappa shape index (κ2) is 7.19. The highest BCUT2D eigenvalue weighted by Gasteiger charge is 2.13. The maximum absolute atomic E-state index is 4.45. The third-order valence-electron chi connectivity index (χ3n) is 3.56. The van der Waals surface area contributed by atoms with Crippen molar-refractivity contribution >= 4 is 11.6 Å². The molecular formula is C14H24N4. The highest BCUT2D eigenvalue weighted by Crippen LogP contribution is 2.28. The lowest BCUT2D eigenvalue weighted by atomic mass is 10.0. The quantitative estimate of drug-likeness (QED) is 0.727. The van der Waals surface area contributed by atoms with Gasteiger partial charge in [0.05, 0.1) is 12.4 Å². The van der Waals surface area contributed by atoms with Crippen LogP contribution in [0.3, 0.4) is 0 Å². The summed E-state index contributed by atoms with van der Waals surface area (Å²) in [6.07, 6.45) is 11.9. The van der Waals surface area contributed by atoms with Crippen LogP contribution in [0.25, 0.3) is 0 Å².